The van der Waals surface area contributed by atoms with Crippen molar-refractivity contribution >= 4 is 23.2 Å². The van der Waals surface area contributed by atoms with E-state index < -0.39 is 5.66 Å². The van der Waals surface area contributed by atoms with Crippen LogP contribution < -0.4 is 10.6 Å². The minimum absolute atomic E-state index is 0.138. The molecule has 0 aliphatic carbocycles. The summed E-state index contributed by atoms with van der Waals surface area (Å²) in [5, 5.41) is 6.23. The van der Waals surface area contributed by atoms with Gasteiger partial charge in [-0.1, -0.05) is 30.3 Å². The van der Waals surface area contributed by atoms with Crippen LogP contribution in [-0.4, -0.2) is 22.8 Å². The van der Waals surface area contributed by atoms with Gasteiger partial charge < -0.3 is 15.5 Å². The first-order chi connectivity index (χ1) is 11.1. The highest BCUT2D eigenvalue weighted by Crippen LogP contribution is 2.45. The van der Waals surface area contributed by atoms with Crippen molar-refractivity contribution in [1.82, 2.24) is 4.90 Å². The number of benzene rings is 2. The van der Waals surface area contributed by atoms with Crippen molar-refractivity contribution in [3.63, 3.8) is 0 Å². The number of fused-ring (bicyclic) bond motifs is 3. The second-order valence-electron chi connectivity index (χ2n) is 6.15. The van der Waals surface area contributed by atoms with Crippen LogP contribution in [0.15, 0.2) is 48.5 Å². The Labute approximate surface area is 134 Å². The molecule has 0 saturated heterocycles. The fourth-order valence-electron chi connectivity index (χ4n) is 3.54. The maximum Gasteiger partial charge on any atom is 0.276 e. The number of anilines is 2. The molecule has 116 valence electrons. The molecule has 2 aliphatic rings. The standard InChI is InChI=1S/C18H17N3O2/c1-11(2)21-16(22)12-7-3-5-9-14(12)20-18(21)13-8-4-6-10-15(13)19-17(18)23/h3-11,20H,1-2H3,(H,19,23)/t18-/m0/s1. The van der Waals surface area contributed by atoms with Gasteiger partial charge in [-0.05, 0) is 32.0 Å². The molecule has 2 N–H and O–H groups in total. The Kier molecular flexibility index (Phi) is 2.75. The SMILES string of the molecule is CC(C)N1C(=O)c2ccccc2N[C@]12C(=O)Nc1ccccc12. The molecule has 4 rings (SSSR count). The molecule has 2 aromatic rings. The summed E-state index contributed by atoms with van der Waals surface area (Å²) in [5.41, 5.74) is 1.59. The molecule has 0 aromatic heterocycles. The lowest BCUT2D eigenvalue weighted by molar-refractivity contribution is -0.126. The first-order valence-corrected chi connectivity index (χ1v) is 7.67. The van der Waals surface area contributed by atoms with Crippen LogP contribution in [0.1, 0.15) is 29.8 Å². The molecular weight excluding hydrogens is 290 g/mol. The van der Waals surface area contributed by atoms with Gasteiger partial charge in [-0.2, -0.15) is 0 Å². The van der Waals surface area contributed by atoms with Gasteiger partial charge in [0.2, 0.25) is 5.66 Å². The third-order valence-corrected chi connectivity index (χ3v) is 4.46. The van der Waals surface area contributed by atoms with Crippen LogP contribution in [-0.2, 0) is 10.5 Å². The molecule has 0 radical (unpaired) electrons. The summed E-state index contributed by atoms with van der Waals surface area (Å²) in [7, 11) is 0. The molecule has 2 amide bonds. The maximum absolute atomic E-state index is 13.1. The lowest BCUT2D eigenvalue weighted by Crippen LogP contribution is -2.63. The summed E-state index contributed by atoms with van der Waals surface area (Å²) >= 11 is 0. The van der Waals surface area contributed by atoms with Gasteiger partial charge in [0.05, 0.1) is 5.56 Å². The molecule has 0 unspecified atom stereocenters. The van der Waals surface area contributed by atoms with E-state index in [1.54, 1.807) is 11.0 Å². The molecule has 5 nitrogen and oxygen atoms in total. The van der Waals surface area contributed by atoms with E-state index in [9.17, 15) is 9.59 Å². The number of hydrogen-bond acceptors (Lipinski definition) is 3. The largest absolute Gasteiger partial charge is 0.350 e. The third kappa shape index (κ3) is 1.67. The van der Waals surface area contributed by atoms with E-state index in [2.05, 4.69) is 10.6 Å². The molecule has 23 heavy (non-hydrogen) atoms. The van der Waals surface area contributed by atoms with E-state index in [0.717, 1.165) is 11.3 Å². The zero-order chi connectivity index (χ0) is 16.2. The van der Waals surface area contributed by atoms with Crippen LogP contribution in [0.3, 0.4) is 0 Å². The highest BCUT2D eigenvalue weighted by Gasteiger charge is 2.56. The van der Waals surface area contributed by atoms with Crippen molar-refractivity contribution in [2.45, 2.75) is 25.6 Å². The average molecular weight is 307 g/mol. The van der Waals surface area contributed by atoms with Crippen molar-refractivity contribution in [1.29, 1.82) is 0 Å². The zero-order valence-electron chi connectivity index (χ0n) is 13.0. The number of nitrogens with one attached hydrogen (secondary N) is 2. The second kappa shape index (κ2) is 4.59. The Morgan fingerprint density at radius 1 is 0.957 bits per heavy atom. The van der Waals surface area contributed by atoms with Crippen LogP contribution in [0, 0.1) is 0 Å². The predicted octanol–water partition coefficient (Wildman–Crippen LogP) is 2.77. The Morgan fingerprint density at radius 2 is 1.61 bits per heavy atom. The molecule has 2 heterocycles. The van der Waals surface area contributed by atoms with Crippen molar-refractivity contribution < 1.29 is 9.59 Å². The van der Waals surface area contributed by atoms with Crippen LogP contribution in [0.25, 0.3) is 0 Å². The van der Waals surface area contributed by atoms with E-state index in [4.69, 9.17) is 0 Å². The molecular formula is C18H17N3O2. The summed E-state index contributed by atoms with van der Waals surface area (Å²) < 4.78 is 0. The summed E-state index contributed by atoms with van der Waals surface area (Å²) in [5.74, 6) is -0.364. The summed E-state index contributed by atoms with van der Waals surface area (Å²) in [4.78, 5) is 27.6. The van der Waals surface area contributed by atoms with Crippen molar-refractivity contribution in [2.75, 3.05) is 10.6 Å². The number of carbonyl (C=O) groups is 2. The minimum atomic E-state index is -1.20. The molecule has 0 fully saturated rings. The van der Waals surface area contributed by atoms with Gasteiger partial charge in [-0.3, -0.25) is 9.59 Å². The van der Waals surface area contributed by atoms with E-state index >= 15 is 0 Å². The molecule has 1 atom stereocenters. The van der Waals surface area contributed by atoms with Crippen LogP contribution >= 0.6 is 0 Å². The molecule has 2 aromatic carbocycles. The number of carbonyl (C=O) groups excluding carboxylic acids is 2. The van der Waals surface area contributed by atoms with Gasteiger partial charge in [0, 0.05) is 23.0 Å². The zero-order valence-corrected chi connectivity index (χ0v) is 13.0. The number of rotatable bonds is 1. The molecule has 0 saturated carbocycles. The number of amides is 2. The van der Waals surface area contributed by atoms with Crippen molar-refractivity contribution in [3.05, 3.63) is 59.7 Å². The smallest absolute Gasteiger partial charge is 0.276 e. The Hall–Kier alpha value is -2.82. The maximum atomic E-state index is 13.1. The number of nitrogens with zero attached hydrogens (tertiary/aromatic N) is 1. The van der Waals surface area contributed by atoms with Crippen LogP contribution in [0.4, 0.5) is 11.4 Å². The number of para-hydroxylation sites is 2. The second-order valence-corrected chi connectivity index (χ2v) is 6.15. The van der Waals surface area contributed by atoms with Gasteiger partial charge in [0.15, 0.2) is 0 Å². The average Bonchev–Trinajstić information content (AvgIpc) is 2.80. The lowest BCUT2D eigenvalue weighted by Gasteiger charge is -2.46. The van der Waals surface area contributed by atoms with E-state index in [1.165, 1.54) is 0 Å². The Balaban J connectivity index is 2.01. The number of hydrogen-bond donors (Lipinski definition) is 2. The molecule has 2 aliphatic heterocycles. The third-order valence-electron chi connectivity index (χ3n) is 4.46. The van der Waals surface area contributed by atoms with Gasteiger partial charge in [-0.15, -0.1) is 0 Å². The first kappa shape index (κ1) is 13.8. The van der Waals surface area contributed by atoms with Gasteiger partial charge in [-0.25, -0.2) is 0 Å². The summed E-state index contributed by atoms with van der Waals surface area (Å²) in [6.07, 6.45) is 0. The highest BCUT2D eigenvalue weighted by atomic mass is 16.2. The summed E-state index contributed by atoms with van der Waals surface area (Å²) in [6, 6.07) is 14.7. The highest BCUT2D eigenvalue weighted by molar-refractivity contribution is 6.14. The van der Waals surface area contributed by atoms with Gasteiger partial charge in [0.25, 0.3) is 11.8 Å². The monoisotopic (exact) mass is 307 g/mol. The fraction of sp³-hybridized carbons (Fsp3) is 0.222. The van der Waals surface area contributed by atoms with Crippen molar-refractivity contribution in [3.8, 4) is 0 Å². The van der Waals surface area contributed by atoms with Crippen molar-refractivity contribution in [2.24, 2.45) is 0 Å². The Morgan fingerprint density at radius 3 is 2.35 bits per heavy atom. The molecule has 1 spiro atoms. The van der Waals surface area contributed by atoms with E-state index in [0.29, 0.717) is 11.3 Å². The van der Waals surface area contributed by atoms with Gasteiger partial charge >= 0.3 is 0 Å². The van der Waals surface area contributed by atoms with Crippen LogP contribution in [0.5, 0.6) is 0 Å². The first-order valence-electron chi connectivity index (χ1n) is 7.67. The van der Waals surface area contributed by atoms with Gasteiger partial charge in [0.1, 0.15) is 0 Å². The summed E-state index contributed by atoms with van der Waals surface area (Å²) in [6.45, 7) is 3.84. The van der Waals surface area contributed by atoms with E-state index in [1.807, 2.05) is 56.3 Å². The fourth-order valence-corrected chi connectivity index (χ4v) is 3.54. The molecule has 5 heteroatoms. The quantitative estimate of drug-likeness (QED) is 0.851. The normalized spacial score (nSPS) is 22.0. The lowest BCUT2D eigenvalue weighted by atomic mass is 9.91. The van der Waals surface area contributed by atoms with E-state index in [-0.39, 0.29) is 17.9 Å². The Bertz CT molecular complexity index is 831. The van der Waals surface area contributed by atoms with Crippen LogP contribution in [0.2, 0.25) is 0 Å². The molecule has 0 bridgehead atoms. The predicted molar refractivity (Wildman–Crippen MR) is 88.1 cm³/mol. The minimum Gasteiger partial charge on any atom is -0.350 e. The topological polar surface area (TPSA) is 61.4 Å².